The molecule has 1 aromatic carbocycles. The lowest BCUT2D eigenvalue weighted by Gasteiger charge is -2.10. The smallest absolute Gasteiger partial charge is 0.141 e. The van der Waals surface area contributed by atoms with E-state index in [0.717, 1.165) is 17.6 Å². The van der Waals surface area contributed by atoms with Gasteiger partial charge >= 0.3 is 0 Å². The van der Waals surface area contributed by atoms with Gasteiger partial charge in [-0.05, 0) is 31.5 Å². The second-order valence-electron chi connectivity index (χ2n) is 3.40. The number of nitrogens with two attached hydrogens (primary N) is 1. The van der Waals surface area contributed by atoms with Crippen molar-refractivity contribution in [1.82, 2.24) is 0 Å². The van der Waals surface area contributed by atoms with Crippen LogP contribution in [0.4, 0.5) is 0 Å². The lowest BCUT2D eigenvalue weighted by molar-refractivity contribution is -0.109. The first kappa shape index (κ1) is 10.7. The fraction of sp³-hybridized carbons (Fsp3) is 0.364. The van der Waals surface area contributed by atoms with Gasteiger partial charge in [0.25, 0.3) is 0 Å². The Morgan fingerprint density at radius 2 is 1.86 bits per heavy atom. The van der Waals surface area contributed by atoms with E-state index in [9.17, 15) is 4.79 Å². The third-order valence-electron chi connectivity index (χ3n) is 1.78. The molecule has 0 amide bonds. The van der Waals surface area contributed by atoms with Crippen molar-refractivity contribution in [1.29, 1.82) is 0 Å². The molecule has 0 heterocycles. The fourth-order valence-corrected chi connectivity index (χ4v) is 1.12. The predicted molar refractivity (Wildman–Crippen MR) is 55.2 cm³/mol. The van der Waals surface area contributed by atoms with Crippen LogP contribution in [0.5, 0.6) is 5.75 Å². The average molecular weight is 193 g/mol. The largest absolute Gasteiger partial charge is 0.491 e. The quantitative estimate of drug-likeness (QED) is 0.740. The van der Waals surface area contributed by atoms with Crippen LogP contribution in [0, 0.1) is 0 Å². The highest BCUT2D eigenvalue weighted by molar-refractivity contribution is 5.61. The van der Waals surface area contributed by atoms with E-state index in [0.29, 0.717) is 0 Å². The second-order valence-corrected chi connectivity index (χ2v) is 3.40. The maximum atomic E-state index is 10.4. The first-order valence-electron chi connectivity index (χ1n) is 4.61. The van der Waals surface area contributed by atoms with E-state index >= 15 is 0 Å². The zero-order chi connectivity index (χ0) is 10.6. The van der Waals surface area contributed by atoms with Gasteiger partial charge in [0.15, 0.2) is 0 Å². The molecule has 3 heteroatoms. The summed E-state index contributed by atoms with van der Waals surface area (Å²) < 4.78 is 5.45. The Labute approximate surface area is 83.9 Å². The standard InChI is InChI=1S/C11H15NO2/c1-8(2)14-10-5-3-9(4-6-10)11(12)7-13/h3-8,11H,12H2,1-2H3. The van der Waals surface area contributed by atoms with E-state index in [1.807, 2.05) is 26.0 Å². The normalized spacial score (nSPS) is 12.6. The van der Waals surface area contributed by atoms with Gasteiger partial charge in [0, 0.05) is 0 Å². The topological polar surface area (TPSA) is 52.3 Å². The summed E-state index contributed by atoms with van der Waals surface area (Å²) in [5, 5.41) is 0. The number of carbonyl (C=O) groups excluding carboxylic acids is 1. The first-order valence-corrected chi connectivity index (χ1v) is 4.61. The zero-order valence-electron chi connectivity index (χ0n) is 8.44. The Morgan fingerprint density at radius 3 is 2.29 bits per heavy atom. The molecule has 0 saturated carbocycles. The van der Waals surface area contributed by atoms with E-state index in [1.54, 1.807) is 12.1 Å². The van der Waals surface area contributed by atoms with Crippen LogP contribution in [0.2, 0.25) is 0 Å². The van der Waals surface area contributed by atoms with Crippen molar-refractivity contribution in [3.05, 3.63) is 29.8 Å². The maximum Gasteiger partial charge on any atom is 0.141 e. The molecule has 14 heavy (non-hydrogen) atoms. The van der Waals surface area contributed by atoms with E-state index in [4.69, 9.17) is 10.5 Å². The number of benzene rings is 1. The number of rotatable bonds is 4. The van der Waals surface area contributed by atoms with Crippen LogP contribution in [0.25, 0.3) is 0 Å². The van der Waals surface area contributed by atoms with Crippen molar-refractivity contribution in [3.63, 3.8) is 0 Å². The van der Waals surface area contributed by atoms with Crippen LogP contribution in [-0.4, -0.2) is 12.4 Å². The molecule has 76 valence electrons. The molecule has 0 aliphatic rings. The molecule has 0 saturated heterocycles. The van der Waals surface area contributed by atoms with Crippen molar-refractivity contribution >= 4 is 6.29 Å². The summed E-state index contributed by atoms with van der Waals surface area (Å²) >= 11 is 0. The Bertz CT molecular complexity index is 293. The molecule has 3 nitrogen and oxygen atoms in total. The summed E-state index contributed by atoms with van der Waals surface area (Å²) in [7, 11) is 0. The minimum atomic E-state index is -0.539. The third kappa shape index (κ3) is 2.85. The lowest BCUT2D eigenvalue weighted by Crippen LogP contribution is -2.11. The van der Waals surface area contributed by atoms with Crippen molar-refractivity contribution in [2.24, 2.45) is 5.73 Å². The van der Waals surface area contributed by atoms with E-state index in [1.165, 1.54) is 0 Å². The maximum absolute atomic E-state index is 10.4. The van der Waals surface area contributed by atoms with Gasteiger partial charge in [-0.1, -0.05) is 12.1 Å². The van der Waals surface area contributed by atoms with Crippen molar-refractivity contribution in [2.45, 2.75) is 26.0 Å². The molecule has 0 aliphatic heterocycles. The van der Waals surface area contributed by atoms with E-state index in [2.05, 4.69) is 0 Å². The van der Waals surface area contributed by atoms with Crippen LogP contribution < -0.4 is 10.5 Å². The van der Waals surface area contributed by atoms with Crippen molar-refractivity contribution in [3.8, 4) is 5.75 Å². The van der Waals surface area contributed by atoms with Crippen LogP contribution in [0.15, 0.2) is 24.3 Å². The van der Waals surface area contributed by atoms with Gasteiger partial charge < -0.3 is 15.3 Å². The monoisotopic (exact) mass is 193 g/mol. The minimum absolute atomic E-state index is 0.153. The summed E-state index contributed by atoms with van der Waals surface area (Å²) in [6, 6.07) is 6.70. The van der Waals surface area contributed by atoms with Gasteiger partial charge in [-0.3, -0.25) is 0 Å². The highest BCUT2D eigenvalue weighted by Crippen LogP contribution is 2.16. The number of carbonyl (C=O) groups is 1. The predicted octanol–water partition coefficient (Wildman–Crippen LogP) is 1.67. The summed E-state index contributed by atoms with van der Waals surface area (Å²) in [6.07, 6.45) is 0.874. The molecule has 1 aromatic rings. The Kier molecular flexibility index (Phi) is 3.65. The summed E-state index contributed by atoms with van der Waals surface area (Å²) in [5.74, 6) is 0.793. The average Bonchev–Trinajstić information content (AvgIpc) is 2.17. The molecule has 2 N–H and O–H groups in total. The minimum Gasteiger partial charge on any atom is -0.491 e. The van der Waals surface area contributed by atoms with Crippen LogP contribution in [-0.2, 0) is 4.79 Å². The third-order valence-corrected chi connectivity index (χ3v) is 1.78. The number of hydrogen-bond donors (Lipinski definition) is 1. The molecule has 0 bridgehead atoms. The Balaban J connectivity index is 2.73. The van der Waals surface area contributed by atoms with Gasteiger partial charge in [0.05, 0.1) is 12.1 Å². The second kappa shape index (κ2) is 4.77. The molecular formula is C11H15NO2. The molecule has 1 rings (SSSR count). The SMILES string of the molecule is CC(C)Oc1ccc(C(N)C=O)cc1. The van der Waals surface area contributed by atoms with Gasteiger partial charge in [0.1, 0.15) is 12.0 Å². The number of hydrogen-bond acceptors (Lipinski definition) is 3. The number of ether oxygens (including phenoxy) is 1. The Morgan fingerprint density at radius 1 is 1.29 bits per heavy atom. The molecule has 1 unspecified atom stereocenters. The van der Waals surface area contributed by atoms with Crippen molar-refractivity contribution < 1.29 is 9.53 Å². The van der Waals surface area contributed by atoms with Crippen LogP contribution >= 0.6 is 0 Å². The molecular weight excluding hydrogens is 178 g/mol. The van der Waals surface area contributed by atoms with E-state index in [-0.39, 0.29) is 6.10 Å². The molecule has 0 aliphatic carbocycles. The number of aldehydes is 1. The lowest BCUT2D eigenvalue weighted by atomic mass is 10.1. The van der Waals surface area contributed by atoms with E-state index < -0.39 is 6.04 Å². The molecule has 0 fully saturated rings. The Hall–Kier alpha value is -1.35. The summed E-state index contributed by atoms with van der Waals surface area (Å²) in [5.41, 5.74) is 6.34. The first-order chi connectivity index (χ1) is 6.63. The van der Waals surface area contributed by atoms with Gasteiger partial charge in [0.2, 0.25) is 0 Å². The summed E-state index contributed by atoms with van der Waals surface area (Å²) in [6.45, 7) is 3.93. The molecule has 0 spiro atoms. The van der Waals surface area contributed by atoms with Gasteiger partial charge in [-0.25, -0.2) is 0 Å². The van der Waals surface area contributed by atoms with Gasteiger partial charge in [-0.2, -0.15) is 0 Å². The molecule has 0 aromatic heterocycles. The van der Waals surface area contributed by atoms with Crippen LogP contribution in [0.1, 0.15) is 25.5 Å². The molecule has 1 atom stereocenters. The summed E-state index contributed by atoms with van der Waals surface area (Å²) in [4.78, 5) is 10.4. The van der Waals surface area contributed by atoms with Gasteiger partial charge in [-0.15, -0.1) is 0 Å². The highest BCUT2D eigenvalue weighted by Gasteiger charge is 2.04. The van der Waals surface area contributed by atoms with Crippen LogP contribution in [0.3, 0.4) is 0 Å². The fourth-order valence-electron chi connectivity index (χ4n) is 1.12. The van der Waals surface area contributed by atoms with Crippen molar-refractivity contribution in [2.75, 3.05) is 0 Å². The zero-order valence-corrected chi connectivity index (χ0v) is 8.44. The molecule has 0 radical (unpaired) electrons. The highest BCUT2D eigenvalue weighted by atomic mass is 16.5.